The van der Waals surface area contributed by atoms with Crippen molar-refractivity contribution in [1.82, 2.24) is 21.3 Å². The van der Waals surface area contributed by atoms with Crippen molar-refractivity contribution in [3.8, 4) is 0 Å². The molecule has 0 spiro atoms. The zero-order valence-corrected chi connectivity index (χ0v) is 22.3. The van der Waals surface area contributed by atoms with Crippen LogP contribution in [0.15, 0.2) is 66.7 Å². The van der Waals surface area contributed by atoms with E-state index in [1.165, 1.54) is 6.08 Å². The molecule has 1 aliphatic heterocycles. The monoisotopic (exact) mass is 532 g/mol. The maximum Gasteiger partial charge on any atom is 0.289 e. The molecule has 1 saturated heterocycles. The van der Waals surface area contributed by atoms with Crippen molar-refractivity contribution in [1.29, 1.82) is 0 Å². The van der Waals surface area contributed by atoms with Crippen molar-refractivity contribution in [3.63, 3.8) is 0 Å². The van der Waals surface area contributed by atoms with E-state index in [0.29, 0.717) is 19.4 Å². The Balaban J connectivity index is 1.70. The van der Waals surface area contributed by atoms with Gasteiger partial charge in [0.15, 0.2) is 0 Å². The minimum Gasteiger partial charge on any atom is -0.356 e. The standard InChI is InChI=1S/C30H36N4O5/c1-20(2)17-25(33-26(35)14-13-21-9-5-3-6-10-21)29(38)34-24(18-23-15-16-31-28(23)37)27(36)30(39)32-19-22-11-7-4-8-12-22/h3-14,20,23-25H,15-19H2,1-2H3,(H,31,37)(H,32,39)(H,33,35)(H,34,38)/t23-,24-,25-/m0/s1. The fraction of sp³-hybridized carbons (Fsp3) is 0.367. The van der Waals surface area contributed by atoms with Gasteiger partial charge in [0.25, 0.3) is 5.91 Å². The van der Waals surface area contributed by atoms with E-state index in [1.54, 1.807) is 6.08 Å². The molecule has 0 radical (unpaired) electrons. The molecule has 1 aliphatic rings. The van der Waals surface area contributed by atoms with Gasteiger partial charge in [-0.2, -0.15) is 0 Å². The highest BCUT2D eigenvalue weighted by Gasteiger charge is 2.35. The van der Waals surface area contributed by atoms with Crippen LogP contribution >= 0.6 is 0 Å². The SMILES string of the molecule is CC(C)C[C@H](NC(=O)C=Cc1ccccc1)C(=O)N[C@@H](C[C@@H]1CCNC1=O)C(=O)C(=O)NCc1ccccc1. The van der Waals surface area contributed by atoms with Crippen molar-refractivity contribution >= 4 is 35.5 Å². The molecule has 3 atom stereocenters. The second kappa shape index (κ2) is 14.6. The van der Waals surface area contributed by atoms with E-state index in [-0.39, 0.29) is 24.8 Å². The van der Waals surface area contributed by atoms with Crippen LogP contribution < -0.4 is 21.3 Å². The average Bonchev–Trinajstić information content (AvgIpc) is 3.34. The van der Waals surface area contributed by atoms with Crippen LogP contribution in [0.4, 0.5) is 0 Å². The molecule has 4 N–H and O–H groups in total. The highest BCUT2D eigenvalue weighted by molar-refractivity contribution is 6.38. The normalized spacial score (nSPS) is 16.4. The molecule has 1 fully saturated rings. The largest absolute Gasteiger partial charge is 0.356 e. The quantitative estimate of drug-likeness (QED) is 0.232. The summed E-state index contributed by atoms with van der Waals surface area (Å²) in [6.07, 6.45) is 3.80. The van der Waals surface area contributed by atoms with Gasteiger partial charge in [0, 0.05) is 25.1 Å². The lowest BCUT2D eigenvalue weighted by atomic mass is 9.94. The molecule has 0 aromatic heterocycles. The summed E-state index contributed by atoms with van der Waals surface area (Å²) in [6, 6.07) is 16.2. The van der Waals surface area contributed by atoms with Gasteiger partial charge in [-0.1, -0.05) is 74.5 Å². The minimum atomic E-state index is -1.21. The summed E-state index contributed by atoms with van der Waals surface area (Å²) in [6.45, 7) is 4.44. The number of amides is 4. The predicted molar refractivity (Wildman–Crippen MR) is 148 cm³/mol. The number of carbonyl (C=O) groups excluding carboxylic acids is 5. The molecule has 2 aromatic carbocycles. The molecule has 9 nitrogen and oxygen atoms in total. The molecule has 1 heterocycles. The van der Waals surface area contributed by atoms with Crippen molar-refractivity contribution in [3.05, 3.63) is 77.9 Å². The molecule has 206 valence electrons. The summed E-state index contributed by atoms with van der Waals surface area (Å²) in [7, 11) is 0. The van der Waals surface area contributed by atoms with E-state index < -0.39 is 41.5 Å². The fourth-order valence-electron chi connectivity index (χ4n) is 4.34. The fourth-order valence-corrected chi connectivity index (χ4v) is 4.34. The molecule has 0 saturated carbocycles. The summed E-state index contributed by atoms with van der Waals surface area (Å²) < 4.78 is 0. The molecular weight excluding hydrogens is 496 g/mol. The van der Waals surface area contributed by atoms with Crippen molar-refractivity contribution in [2.45, 2.75) is 51.7 Å². The Morgan fingerprint density at radius 1 is 0.949 bits per heavy atom. The molecule has 39 heavy (non-hydrogen) atoms. The van der Waals surface area contributed by atoms with Gasteiger partial charge < -0.3 is 21.3 Å². The number of benzene rings is 2. The van der Waals surface area contributed by atoms with Gasteiger partial charge in [-0.25, -0.2) is 0 Å². The summed E-state index contributed by atoms with van der Waals surface area (Å²) in [4.78, 5) is 64.1. The Kier molecular flexibility index (Phi) is 11.0. The molecule has 0 aliphatic carbocycles. The van der Waals surface area contributed by atoms with Crippen LogP contribution in [-0.4, -0.2) is 48.0 Å². The topological polar surface area (TPSA) is 133 Å². The van der Waals surface area contributed by atoms with E-state index in [2.05, 4.69) is 21.3 Å². The van der Waals surface area contributed by atoms with E-state index >= 15 is 0 Å². The van der Waals surface area contributed by atoms with Crippen molar-refractivity contribution in [2.24, 2.45) is 11.8 Å². The molecule has 4 amide bonds. The first-order valence-corrected chi connectivity index (χ1v) is 13.2. The summed E-state index contributed by atoms with van der Waals surface area (Å²) in [5.74, 6) is -3.40. The van der Waals surface area contributed by atoms with E-state index in [0.717, 1.165) is 11.1 Å². The maximum atomic E-state index is 13.3. The van der Waals surface area contributed by atoms with Crippen LogP contribution in [0.5, 0.6) is 0 Å². The smallest absolute Gasteiger partial charge is 0.289 e. The first-order valence-electron chi connectivity index (χ1n) is 13.2. The second-order valence-electron chi connectivity index (χ2n) is 10.0. The van der Waals surface area contributed by atoms with Gasteiger partial charge in [-0.15, -0.1) is 0 Å². The van der Waals surface area contributed by atoms with Gasteiger partial charge in [0.2, 0.25) is 23.5 Å². The van der Waals surface area contributed by atoms with Gasteiger partial charge >= 0.3 is 0 Å². The average molecular weight is 533 g/mol. The maximum absolute atomic E-state index is 13.3. The van der Waals surface area contributed by atoms with Crippen LogP contribution in [0, 0.1) is 11.8 Å². The number of rotatable bonds is 13. The van der Waals surface area contributed by atoms with E-state index in [9.17, 15) is 24.0 Å². The highest BCUT2D eigenvalue weighted by atomic mass is 16.2. The molecule has 0 unspecified atom stereocenters. The van der Waals surface area contributed by atoms with E-state index in [1.807, 2.05) is 74.5 Å². The van der Waals surface area contributed by atoms with Crippen molar-refractivity contribution < 1.29 is 24.0 Å². The Morgan fingerprint density at radius 2 is 1.62 bits per heavy atom. The molecular formula is C30H36N4O5. The zero-order valence-electron chi connectivity index (χ0n) is 22.3. The van der Waals surface area contributed by atoms with Crippen LogP contribution in [0.25, 0.3) is 6.08 Å². The minimum absolute atomic E-state index is 0.00851. The Bertz CT molecular complexity index is 1180. The first-order chi connectivity index (χ1) is 18.7. The number of hydrogen-bond donors (Lipinski definition) is 4. The molecule has 3 rings (SSSR count). The third kappa shape index (κ3) is 9.52. The van der Waals surface area contributed by atoms with Gasteiger partial charge in [0.05, 0.1) is 6.04 Å². The van der Waals surface area contributed by atoms with Crippen LogP contribution in [0.1, 0.15) is 44.2 Å². The summed E-state index contributed by atoms with van der Waals surface area (Å²) >= 11 is 0. The van der Waals surface area contributed by atoms with E-state index in [4.69, 9.17) is 0 Å². The summed E-state index contributed by atoms with van der Waals surface area (Å²) in [5, 5.41) is 10.7. The molecule has 0 bridgehead atoms. The Labute approximate surface area is 228 Å². The number of carbonyl (C=O) groups is 5. The van der Waals surface area contributed by atoms with Crippen LogP contribution in [0.3, 0.4) is 0 Å². The third-order valence-corrected chi connectivity index (χ3v) is 6.40. The molecule has 2 aromatic rings. The first kappa shape index (κ1) is 29.3. The number of hydrogen-bond acceptors (Lipinski definition) is 5. The summed E-state index contributed by atoms with van der Waals surface area (Å²) in [5.41, 5.74) is 1.65. The number of ketones is 1. The predicted octanol–water partition coefficient (Wildman–Crippen LogP) is 2.13. The third-order valence-electron chi connectivity index (χ3n) is 6.40. The number of Topliss-reactive ketones (excluding diaryl/α,β-unsaturated/α-hetero) is 1. The van der Waals surface area contributed by atoms with Crippen molar-refractivity contribution in [2.75, 3.05) is 6.54 Å². The van der Waals surface area contributed by atoms with Crippen LogP contribution in [-0.2, 0) is 30.5 Å². The van der Waals surface area contributed by atoms with Gasteiger partial charge in [-0.3, -0.25) is 24.0 Å². The molecule has 9 heteroatoms. The van der Waals surface area contributed by atoms with Crippen LogP contribution in [0.2, 0.25) is 0 Å². The lowest BCUT2D eigenvalue weighted by Crippen LogP contribution is -2.54. The zero-order chi connectivity index (χ0) is 28.2. The Morgan fingerprint density at radius 3 is 2.23 bits per heavy atom. The Hall–Kier alpha value is -4.27. The lowest BCUT2D eigenvalue weighted by molar-refractivity contribution is -0.141. The van der Waals surface area contributed by atoms with Gasteiger partial charge in [-0.05, 0) is 42.4 Å². The highest BCUT2D eigenvalue weighted by Crippen LogP contribution is 2.17. The van der Waals surface area contributed by atoms with Gasteiger partial charge in [0.1, 0.15) is 6.04 Å². The lowest BCUT2D eigenvalue weighted by Gasteiger charge is -2.24. The second-order valence-corrected chi connectivity index (χ2v) is 10.0. The number of nitrogens with one attached hydrogen (secondary N) is 4.